The summed E-state index contributed by atoms with van der Waals surface area (Å²) in [6.45, 7) is 13.3. The molecule has 1 aliphatic carbocycles. The fourth-order valence-corrected chi connectivity index (χ4v) is 10.4. The number of nitriles is 1. The lowest BCUT2D eigenvalue weighted by molar-refractivity contribution is -0.164. The molecule has 1 aromatic heterocycles. The number of rotatable bonds is 21. The van der Waals surface area contributed by atoms with E-state index >= 15 is 0 Å². The molecule has 14 nitrogen and oxygen atoms in total. The first kappa shape index (κ1) is 49.9. The van der Waals surface area contributed by atoms with Gasteiger partial charge in [0.1, 0.15) is 36.6 Å². The predicted octanol–water partition coefficient (Wildman–Crippen LogP) is 7.42. The molecule has 16 heteroatoms. The molecule has 1 aliphatic heterocycles. The van der Waals surface area contributed by atoms with Crippen molar-refractivity contribution in [3.8, 4) is 22.3 Å². The highest BCUT2D eigenvalue weighted by Gasteiger charge is 2.64. The van der Waals surface area contributed by atoms with Gasteiger partial charge < -0.3 is 40.7 Å². The number of aliphatic hydroxyl groups excluding tert-OH is 1. The van der Waals surface area contributed by atoms with Gasteiger partial charge in [-0.1, -0.05) is 76.9 Å². The molecule has 5 N–H and O–H groups in total. The van der Waals surface area contributed by atoms with Gasteiger partial charge in [-0.2, -0.15) is 5.26 Å². The van der Waals surface area contributed by atoms with Crippen molar-refractivity contribution in [1.82, 2.24) is 25.8 Å². The molecule has 4 aromatic rings. The summed E-state index contributed by atoms with van der Waals surface area (Å²) in [5.74, 6) is -0.746. The Morgan fingerprint density at radius 3 is 2.39 bits per heavy atom. The summed E-state index contributed by atoms with van der Waals surface area (Å²) < 4.78 is 12.0. The second-order valence-electron chi connectivity index (χ2n) is 18.4. The largest absolute Gasteiger partial charge is 0.489 e. The van der Waals surface area contributed by atoms with Crippen LogP contribution in [-0.4, -0.2) is 95.3 Å². The summed E-state index contributed by atoms with van der Waals surface area (Å²) in [6.07, 6.45) is 2.55. The van der Waals surface area contributed by atoms with Gasteiger partial charge in [0.05, 0.1) is 32.8 Å². The van der Waals surface area contributed by atoms with Gasteiger partial charge in [0, 0.05) is 66.9 Å². The highest BCUT2D eigenvalue weighted by Crippen LogP contribution is 2.55. The van der Waals surface area contributed by atoms with E-state index in [2.05, 4.69) is 60.0 Å². The number of hydrogen-bond donors (Lipinski definition) is 5. The number of aromatic nitrogens is 1. The van der Waals surface area contributed by atoms with Crippen LogP contribution in [0, 0.1) is 29.1 Å². The fourth-order valence-electron chi connectivity index (χ4n) is 9.40. The quantitative estimate of drug-likeness (QED) is 0.0525. The highest BCUT2D eigenvalue weighted by molar-refractivity contribution is 7.13. The number of benzene rings is 3. The number of likely N-dealkylation sites (tertiary alicyclic amines) is 1. The lowest BCUT2D eigenvalue weighted by Gasteiger charge is -2.63. The minimum Gasteiger partial charge on any atom is -0.489 e. The average Bonchev–Trinajstić information content (AvgIpc) is 3.92. The maximum absolute atomic E-state index is 13.7. The highest BCUT2D eigenvalue weighted by atomic mass is 35.5. The SMILES string of the molecule is CCC[C@H](NC(=O)COCCCCCNc1ccc(C(=O)N[C@H]2C(C)(C)[C@H](Oc3ccc(C#N)c(Cl)c3)C2(C)C)cc1)C(=O)N1C[C@H](O)C[C@H]1C(=O)NCc1ccc(-c2scnc2C)cc1. The first-order chi connectivity index (χ1) is 31.5. The molecule has 0 spiro atoms. The number of carbonyl (C=O) groups excluding carboxylic acids is 4. The van der Waals surface area contributed by atoms with Gasteiger partial charge in [0.15, 0.2) is 0 Å². The van der Waals surface area contributed by atoms with Crippen molar-refractivity contribution < 1.29 is 33.8 Å². The van der Waals surface area contributed by atoms with E-state index in [9.17, 15) is 29.5 Å². The van der Waals surface area contributed by atoms with Gasteiger partial charge in [0.25, 0.3) is 5.91 Å². The number of nitrogens with one attached hydrogen (secondary N) is 4. The standard InChI is InChI=1S/C50H62ClN7O7S/c1-7-11-40(46(63)58-28-37(59)24-41(58)45(62)54-27-32-12-14-33(15-13-32)43-31(2)55-30-66-43)56-42(60)29-64-23-10-8-9-22-53-36-19-16-34(17-20-36)44(61)57-47-49(3,4)48(50(47,5)6)65-38-21-18-35(26-52)39(51)25-38/h12-21,25,30,37,40-41,47-48,53,59H,7-11,22-24,27-29H2,1-6H3,(H,54,62)(H,56,60)(H,57,61)/t37-,40+,41+,47-,48-/m1/s1. The van der Waals surface area contributed by atoms with Crippen LogP contribution < -0.4 is 26.0 Å². The molecule has 352 valence electrons. The number of halogens is 1. The van der Waals surface area contributed by atoms with Gasteiger partial charge in [-0.05, 0) is 80.1 Å². The molecule has 2 heterocycles. The molecule has 0 bridgehead atoms. The number of thiazole rings is 1. The van der Waals surface area contributed by atoms with Gasteiger partial charge in [-0.15, -0.1) is 11.3 Å². The number of nitrogens with zero attached hydrogens (tertiary/aromatic N) is 3. The Kier molecular flexibility index (Phi) is 16.9. The van der Waals surface area contributed by atoms with Crippen LogP contribution in [0.25, 0.3) is 10.4 Å². The molecule has 2 fully saturated rings. The van der Waals surface area contributed by atoms with E-state index in [1.807, 2.05) is 55.8 Å². The van der Waals surface area contributed by atoms with Crippen LogP contribution >= 0.6 is 22.9 Å². The molecule has 1 saturated heterocycles. The monoisotopic (exact) mass is 939 g/mol. The van der Waals surface area contributed by atoms with Crippen molar-refractivity contribution in [1.29, 1.82) is 5.26 Å². The Morgan fingerprint density at radius 1 is 1.02 bits per heavy atom. The van der Waals surface area contributed by atoms with Crippen LogP contribution in [0.3, 0.4) is 0 Å². The van der Waals surface area contributed by atoms with Crippen LogP contribution in [0.2, 0.25) is 5.02 Å². The van der Waals surface area contributed by atoms with Crippen molar-refractivity contribution in [3.63, 3.8) is 0 Å². The lowest BCUT2D eigenvalue weighted by atomic mass is 9.49. The van der Waals surface area contributed by atoms with Crippen molar-refractivity contribution in [2.24, 2.45) is 10.8 Å². The van der Waals surface area contributed by atoms with Gasteiger partial charge in [-0.3, -0.25) is 19.2 Å². The second kappa shape index (κ2) is 22.3. The van der Waals surface area contributed by atoms with Crippen molar-refractivity contribution in [3.05, 3.63) is 99.6 Å². The van der Waals surface area contributed by atoms with Crippen molar-refractivity contribution >= 4 is 52.3 Å². The molecule has 3 atom stereocenters. The number of aliphatic hydroxyl groups is 1. The van der Waals surface area contributed by atoms with E-state index in [1.165, 1.54) is 4.90 Å². The zero-order chi connectivity index (χ0) is 47.6. The number of ether oxygens (including phenoxy) is 2. The summed E-state index contributed by atoms with van der Waals surface area (Å²) in [5.41, 5.74) is 5.83. The molecule has 1 saturated carbocycles. The summed E-state index contributed by atoms with van der Waals surface area (Å²) in [7, 11) is 0. The van der Waals surface area contributed by atoms with E-state index < -0.39 is 30.0 Å². The second-order valence-corrected chi connectivity index (χ2v) is 19.7. The summed E-state index contributed by atoms with van der Waals surface area (Å²) >= 11 is 7.81. The molecule has 66 heavy (non-hydrogen) atoms. The third-order valence-corrected chi connectivity index (χ3v) is 13.9. The van der Waals surface area contributed by atoms with E-state index in [1.54, 1.807) is 41.7 Å². The zero-order valence-electron chi connectivity index (χ0n) is 38.6. The van der Waals surface area contributed by atoms with Gasteiger partial charge in [0.2, 0.25) is 17.7 Å². The van der Waals surface area contributed by atoms with Crippen LogP contribution in [0.15, 0.2) is 72.2 Å². The predicted molar refractivity (Wildman–Crippen MR) is 256 cm³/mol. The minimum absolute atomic E-state index is 0.0136. The first-order valence-electron chi connectivity index (χ1n) is 22.7. The third kappa shape index (κ3) is 12.1. The van der Waals surface area contributed by atoms with Crippen LogP contribution in [0.5, 0.6) is 5.75 Å². The molecular weight excluding hydrogens is 878 g/mol. The van der Waals surface area contributed by atoms with Crippen LogP contribution in [-0.2, 0) is 25.7 Å². The Labute approximate surface area is 396 Å². The topological polar surface area (TPSA) is 195 Å². The number of carbonyl (C=O) groups is 4. The van der Waals surface area contributed by atoms with Gasteiger partial charge >= 0.3 is 0 Å². The van der Waals surface area contributed by atoms with Crippen molar-refractivity contribution in [2.75, 3.05) is 31.6 Å². The molecule has 0 unspecified atom stereocenters. The van der Waals surface area contributed by atoms with Crippen LogP contribution in [0.4, 0.5) is 5.69 Å². The number of aryl methyl sites for hydroxylation is 1. The summed E-state index contributed by atoms with van der Waals surface area (Å²) in [4.78, 5) is 60.1. The normalized spacial score (nSPS) is 19.8. The molecule has 6 rings (SSSR count). The number of amides is 4. The Morgan fingerprint density at radius 2 is 1.74 bits per heavy atom. The van der Waals surface area contributed by atoms with E-state index in [-0.39, 0.29) is 60.9 Å². The number of hydrogen-bond acceptors (Lipinski definition) is 11. The molecule has 4 amide bonds. The third-order valence-electron chi connectivity index (χ3n) is 12.6. The Hall–Kier alpha value is -5.53. The molecule has 3 aromatic carbocycles. The maximum Gasteiger partial charge on any atom is 0.251 e. The summed E-state index contributed by atoms with van der Waals surface area (Å²) in [5, 5.41) is 32.4. The van der Waals surface area contributed by atoms with E-state index in [4.69, 9.17) is 21.1 Å². The van der Waals surface area contributed by atoms with Crippen molar-refractivity contribution in [2.45, 2.75) is 117 Å². The van der Waals surface area contributed by atoms with E-state index in [0.717, 1.165) is 46.6 Å². The fraction of sp³-hybridized carbons (Fsp3) is 0.480. The maximum atomic E-state index is 13.7. The minimum atomic E-state index is -0.850. The van der Waals surface area contributed by atoms with Crippen LogP contribution in [0.1, 0.15) is 100 Å². The summed E-state index contributed by atoms with van der Waals surface area (Å²) in [6, 6.07) is 20.5. The number of β-amino-alcohol motifs (C(OH)–C–C–N with tert-alkyl or cyclic N) is 1. The smallest absolute Gasteiger partial charge is 0.251 e. The van der Waals surface area contributed by atoms with E-state index in [0.29, 0.717) is 47.9 Å². The first-order valence-corrected chi connectivity index (χ1v) is 23.9. The number of unbranched alkanes of at least 4 members (excludes halogenated alkanes) is 2. The zero-order valence-corrected chi connectivity index (χ0v) is 40.2. The van der Waals surface area contributed by atoms with Gasteiger partial charge in [-0.25, -0.2) is 4.98 Å². The number of anilines is 1. The molecule has 0 radical (unpaired) electrons. The Balaban J connectivity index is 0.862. The Bertz CT molecular complexity index is 2350. The molecular formula is C50H62ClN7O7S. The molecule has 2 aliphatic rings. The average molecular weight is 941 g/mol. The lowest BCUT2D eigenvalue weighted by Crippen LogP contribution is -2.74.